The van der Waals surface area contributed by atoms with E-state index in [2.05, 4.69) is 38.4 Å². The third kappa shape index (κ3) is 6.00. The van der Waals surface area contributed by atoms with Gasteiger partial charge >= 0.3 is 0 Å². The van der Waals surface area contributed by atoms with Crippen LogP contribution in [0.3, 0.4) is 0 Å². The Labute approximate surface area is 225 Å². The SMILES string of the molecule is CCCC(c1cccc2c1C(=O)NC2=O)N1CCOCC1.O=C1NC(=O)c2c(CCCCBr)cccc21. The molecule has 1 atom stereocenters. The third-order valence-corrected chi connectivity index (χ3v) is 7.44. The van der Waals surface area contributed by atoms with Gasteiger partial charge in [-0.15, -0.1) is 0 Å². The standard InChI is InChI=1S/C16H20N2O3.C12H12BrNO2/c1-2-4-13(18-7-9-21-10-8-18)11-5-3-6-12-14(11)16(20)17-15(12)19;13-7-2-1-4-8-5-3-6-9-10(8)12(16)14-11(9)15/h3,5-6,13H,2,4,7-10H2,1H3,(H,17,19,20);3,5-6H,1-2,4,7H2,(H,14,15,16). The van der Waals surface area contributed by atoms with Gasteiger partial charge < -0.3 is 4.74 Å². The Morgan fingerprint density at radius 2 is 1.49 bits per heavy atom. The van der Waals surface area contributed by atoms with E-state index in [0.717, 1.165) is 74.9 Å². The number of imide groups is 2. The molecule has 196 valence electrons. The Hall–Kier alpha value is -2.88. The Morgan fingerprint density at radius 1 is 0.865 bits per heavy atom. The Bertz CT molecular complexity index is 1190. The number of aryl methyl sites for hydroxylation is 1. The van der Waals surface area contributed by atoms with Gasteiger partial charge in [0.25, 0.3) is 23.6 Å². The molecule has 3 heterocycles. The van der Waals surface area contributed by atoms with Crippen molar-refractivity contribution in [2.24, 2.45) is 0 Å². The lowest BCUT2D eigenvalue weighted by atomic mass is 9.93. The lowest BCUT2D eigenvalue weighted by Gasteiger charge is -2.35. The van der Waals surface area contributed by atoms with Gasteiger partial charge in [0.2, 0.25) is 0 Å². The number of carbonyl (C=O) groups excluding carboxylic acids is 4. The summed E-state index contributed by atoms with van der Waals surface area (Å²) in [5.74, 6) is -1.08. The molecule has 1 fully saturated rings. The number of nitrogens with zero attached hydrogens (tertiary/aromatic N) is 1. The van der Waals surface area contributed by atoms with Crippen LogP contribution in [0.15, 0.2) is 36.4 Å². The van der Waals surface area contributed by atoms with Gasteiger partial charge in [0, 0.05) is 24.5 Å². The summed E-state index contributed by atoms with van der Waals surface area (Å²) in [6.45, 7) is 5.32. The second-order valence-corrected chi connectivity index (χ2v) is 10.1. The van der Waals surface area contributed by atoms with Crippen molar-refractivity contribution in [2.75, 3.05) is 31.6 Å². The molecule has 2 aromatic carbocycles. The number of nitrogens with one attached hydrogen (secondary N) is 2. The minimum Gasteiger partial charge on any atom is -0.379 e. The molecular formula is C28H32BrN3O5. The topological polar surface area (TPSA) is 105 Å². The summed E-state index contributed by atoms with van der Waals surface area (Å²) in [5.41, 5.74) is 4.10. The number of fused-ring (bicyclic) bond motifs is 2. The number of halogens is 1. The van der Waals surface area contributed by atoms with Crippen LogP contribution in [-0.2, 0) is 11.2 Å². The first-order chi connectivity index (χ1) is 18.0. The number of unbranched alkanes of at least 4 members (excludes halogenated alkanes) is 1. The lowest BCUT2D eigenvalue weighted by Crippen LogP contribution is -2.39. The predicted molar refractivity (Wildman–Crippen MR) is 143 cm³/mol. The van der Waals surface area contributed by atoms with Crippen LogP contribution in [-0.4, -0.2) is 60.2 Å². The largest absolute Gasteiger partial charge is 0.379 e. The lowest BCUT2D eigenvalue weighted by molar-refractivity contribution is 0.0139. The summed E-state index contributed by atoms with van der Waals surface area (Å²) in [6.07, 6.45) is 4.93. The van der Waals surface area contributed by atoms with Crippen molar-refractivity contribution in [2.45, 2.75) is 45.1 Å². The minimum absolute atomic E-state index is 0.172. The van der Waals surface area contributed by atoms with Crippen LogP contribution >= 0.6 is 15.9 Å². The molecule has 5 rings (SSSR count). The molecule has 3 aliphatic heterocycles. The van der Waals surface area contributed by atoms with E-state index in [1.165, 1.54) is 0 Å². The number of amides is 4. The minimum atomic E-state index is -0.283. The molecule has 0 saturated carbocycles. The summed E-state index contributed by atoms with van der Waals surface area (Å²) in [4.78, 5) is 49.3. The molecule has 9 heteroatoms. The van der Waals surface area contributed by atoms with E-state index in [0.29, 0.717) is 22.3 Å². The summed E-state index contributed by atoms with van der Waals surface area (Å²) >= 11 is 3.37. The molecule has 4 amide bonds. The highest BCUT2D eigenvalue weighted by atomic mass is 79.9. The maximum Gasteiger partial charge on any atom is 0.259 e. The fourth-order valence-electron chi connectivity index (χ4n) is 5.13. The molecule has 37 heavy (non-hydrogen) atoms. The van der Waals surface area contributed by atoms with E-state index in [4.69, 9.17) is 4.74 Å². The molecule has 0 radical (unpaired) electrons. The molecule has 0 bridgehead atoms. The predicted octanol–water partition coefficient (Wildman–Crippen LogP) is 4.03. The molecular weight excluding hydrogens is 538 g/mol. The first-order valence-electron chi connectivity index (χ1n) is 12.8. The molecule has 3 aliphatic rings. The number of rotatable bonds is 8. The van der Waals surface area contributed by atoms with Crippen molar-refractivity contribution in [3.8, 4) is 0 Å². The molecule has 2 aromatic rings. The van der Waals surface area contributed by atoms with Gasteiger partial charge in [-0.3, -0.25) is 34.7 Å². The van der Waals surface area contributed by atoms with Gasteiger partial charge in [-0.1, -0.05) is 53.5 Å². The Kier molecular flexibility index (Phi) is 9.23. The van der Waals surface area contributed by atoms with Gasteiger partial charge in [0.05, 0.1) is 35.5 Å². The zero-order valence-electron chi connectivity index (χ0n) is 21.0. The van der Waals surface area contributed by atoms with Crippen LogP contribution < -0.4 is 10.6 Å². The number of hydrogen-bond donors (Lipinski definition) is 2. The van der Waals surface area contributed by atoms with E-state index >= 15 is 0 Å². The zero-order valence-corrected chi connectivity index (χ0v) is 22.6. The quantitative estimate of drug-likeness (QED) is 0.282. The normalized spacial score (nSPS) is 17.5. The molecule has 1 unspecified atom stereocenters. The number of ether oxygens (including phenoxy) is 1. The monoisotopic (exact) mass is 569 g/mol. The molecule has 0 spiro atoms. The van der Waals surface area contributed by atoms with Crippen molar-refractivity contribution in [3.63, 3.8) is 0 Å². The number of carbonyl (C=O) groups is 4. The number of morpholine rings is 1. The maximum atomic E-state index is 12.1. The zero-order chi connectivity index (χ0) is 26.4. The highest BCUT2D eigenvalue weighted by Crippen LogP contribution is 2.32. The summed E-state index contributed by atoms with van der Waals surface area (Å²) in [6, 6.07) is 11.2. The van der Waals surface area contributed by atoms with Gasteiger partial charge in [0.1, 0.15) is 0 Å². The Balaban J connectivity index is 0.000000180. The van der Waals surface area contributed by atoms with Crippen LogP contribution in [0.25, 0.3) is 0 Å². The molecule has 2 N–H and O–H groups in total. The molecule has 1 saturated heterocycles. The fraction of sp³-hybridized carbons (Fsp3) is 0.429. The number of alkyl halides is 1. The third-order valence-electron chi connectivity index (χ3n) is 6.88. The van der Waals surface area contributed by atoms with E-state index in [1.54, 1.807) is 12.1 Å². The van der Waals surface area contributed by atoms with Crippen LogP contribution in [0.1, 0.15) is 91.2 Å². The van der Waals surface area contributed by atoms with Gasteiger partial charge in [-0.05, 0) is 48.9 Å². The fourth-order valence-corrected chi connectivity index (χ4v) is 5.53. The maximum absolute atomic E-state index is 12.1. The van der Waals surface area contributed by atoms with Gasteiger partial charge in [-0.25, -0.2) is 0 Å². The molecule has 0 aliphatic carbocycles. The number of hydrogen-bond acceptors (Lipinski definition) is 6. The summed E-state index contributed by atoms with van der Waals surface area (Å²) in [5, 5.41) is 5.69. The van der Waals surface area contributed by atoms with E-state index in [1.807, 2.05) is 24.3 Å². The van der Waals surface area contributed by atoms with Gasteiger partial charge in [0.15, 0.2) is 0 Å². The first-order valence-corrected chi connectivity index (χ1v) is 13.9. The van der Waals surface area contributed by atoms with Crippen LogP contribution in [0, 0.1) is 0 Å². The van der Waals surface area contributed by atoms with Crippen molar-refractivity contribution >= 4 is 39.6 Å². The average Bonchev–Trinajstić information content (AvgIpc) is 3.38. The smallest absolute Gasteiger partial charge is 0.259 e. The van der Waals surface area contributed by atoms with Crippen LogP contribution in [0.2, 0.25) is 0 Å². The van der Waals surface area contributed by atoms with E-state index in [-0.39, 0.29) is 29.7 Å². The van der Waals surface area contributed by atoms with E-state index in [9.17, 15) is 19.2 Å². The highest BCUT2D eigenvalue weighted by molar-refractivity contribution is 9.09. The van der Waals surface area contributed by atoms with Gasteiger partial charge in [-0.2, -0.15) is 0 Å². The van der Waals surface area contributed by atoms with Crippen molar-refractivity contribution < 1.29 is 23.9 Å². The van der Waals surface area contributed by atoms with Crippen LogP contribution in [0.4, 0.5) is 0 Å². The van der Waals surface area contributed by atoms with Crippen molar-refractivity contribution in [3.05, 3.63) is 69.8 Å². The summed E-state index contributed by atoms with van der Waals surface area (Å²) < 4.78 is 5.42. The van der Waals surface area contributed by atoms with Crippen LogP contribution in [0.5, 0.6) is 0 Å². The number of benzene rings is 2. The van der Waals surface area contributed by atoms with Crippen molar-refractivity contribution in [1.82, 2.24) is 15.5 Å². The van der Waals surface area contributed by atoms with E-state index < -0.39 is 0 Å². The average molecular weight is 570 g/mol. The second kappa shape index (κ2) is 12.6. The first kappa shape index (κ1) is 27.2. The molecule has 8 nitrogen and oxygen atoms in total. The highest BCUT2D eigenvalue weighted by Gasteiger charge is 2.33. The van der Waals surface area contributed by atoms with Crippen molar-refractivity contribution in [1.29, 1.82) is 0 Å². The second-order valence-electron chi connectivity index (χ2n) is 9.27. The Morgan fingerprint density at radius 3 is 2.14 bits per heavy atom. The molecule has 0 aromatic heterocycles. The summed E-state index contributed by atoms with van der Waals surface area (Å²) in [7, 11) is 0.